The van der Waals surface area contributed by atoms with Gasteiger partial charge in [0.05, 0.1) is 18.3 Å². The molecule has 1 aliphatic heterocycles. The van der Waals surface area contributed by atoms with E-state index in [1.807, 2.05) is 58.2 Å². The minimum atomic E-state index is -0.753. The SMILES string of the molecule is Cc1nc2n(n1)CCN(C(=O)CSc1nncn1C)CCCC(=O)N[C@@H](Cc1ccccc1)C(=O)N[C@@H]2C(C)C. The van der Waals surface area contributed by atoms with Crippen molar-refractivity contribution < 1.29 is 14.4 Å². The van der Waals surface area contributed by atoms with Crippen LogP contribution in [0.5, 0.6) is 0 Å². The van der Waals surface area contributed by atoms with Crippen molar-refractivity contribution in [2.75, 3.05) is 18.8 Å². The first-order chi connectivity index (χ1) is 19.2. The minimum absolute atomic E-state index is 0.00723. The third-order valence-electron chi connectivity index (χ3n) is 6.74. The number of aromatic nitrogens is 6. The summed E-state index contributed by atoms with van der Waals surface area (Å²) < 4.78 is 3.55. The Labute approximate surface area is 238 Å². The molecule has 2 atom stereocenters. The molecule has 1 aromatic carbocycles. The van der Waals surface area contributed by atoms with Crippen LogP contribution < -0.4 is 10.6 Å². The van der Waals surface area contributed by atoms with Gasteiger partial charge in [-0.25, -0.2) is 9.67 Å². The van der Waals surface area contributed by atoms with Gasteiger partial charge in [-0.3, -0.25) is 14.4 Å². The van der Waals surface area contributed by atoms with Crippen LogP contribution in [-0.4, -0.2) is 77.0 Å². The number of hydrogen-bond acceptors (Lipinski definition) is 8. The van der Waals surface area contributed by atoms with Crippen LogP contribution in [0.15, 0.2) is 41.8 Å². The highest BCUT2D eigenvalue weighted by atomic mass is 32.2. The Morgan fingerprint density at radius 3 is 2.60 bits per heavy atom. The maximum Gasteiger partial charge on any atom is 0.243 e. The van der Waals surface area contributed by atoms with Crippen molar-refractivity contribution in [1.82, 2.24) is 45.1 Å². The molecule has 0 fully saturated rings. The summed E-state index contributed by atoms with van der Waals surface area (Å²) in [5.74, 6) is 0.869. The number of rotatable bonds is 6. The number of hydrogen-bond donors (Lipinski definition) is 2. The van der Waals surface area contributed by atoms with E-state index in [0.29, 0.717) is 49.3 Å². The summed E-state index contributed by atoms with van der Waals surface area (Å²) in [4.78, 5) is 46.2. The second-order valence-electron chi connectivity index (χ2n) is 10.3. The second-order valence-corrected chi connectivity index (χ2v) is 11.2. The van der Waals surface area contributed by atoms with Crippen LogP contribution >= 0.6 is 11.8 Å². The van der Waals surface area contributed by atoms with Crippen LogP contribution in [0.2, 0.25) is 0 Å². The molecule has 40 heavy (non-hydrogen) atoms. The molecule has 0 spiro atoms. The van der Waals surface area contributed by atoms with Crippen LogP contribution in [0.4, 0.5) is 0 Å². The van der Waals surface area contributed by atoms with Gasteiger partial charge in [-0.2, -0.15) is 5.10 Å². The molecular weight excluding hydrogens is 530 g/mol. The predicted octanol–water partition coefficient (Wildman–Crippen LogP) is 1.67. The molecule has 2 aromatic heterocycles. The number of benzene rings is 1. The maximum atomic E-state index is 13.6. The number of thioether (sulfide) groups is 1. The lowest BCUT2D eigenvalue weighted by Crippen LogP contribution is -2.50. The lowest BCUT2D eigenvalue weighted by molar-refractivity contribution is -0.130. The van der Waals surface area contributed by atoms with E-state index in [1.165, 1.54) is 11.8 Å². The van der Waals surface area contributed by atoms with E-state index in [4.69, 9.17) is 0 Å². The number of carbonyl (C=O) groups is 3. The summed E-state index contributed by atoms with van der Waals surface area (Å²) in [6.45, 7) is 7.03. The molecule has 12 nitrogen and oxygen atoms in total. The van der Waals surface area contributed by atoms with Gasteiger partial charge in [0.2, 0.25) is 17.7 Å². The van der Waals surface area contributed by atoms with Gasteiger partial charge in [0, 0.05) is 33.0 Å². The van der Waals surface area contributed by atoms with Gasteiger partial charge in [-0.05, 0) is 24.8 Å². The monoisotopic (exact) mass is 567 g/mol. The van der Waals surface area contributed by atoms with Crippen molar-refractivity contribution in [3.05, 3.63) is 53.9 Å². The topological polar surface area (TPSA) is 140 Å². The van der Waals surface area contributed by atoms with Crippen molar-refractivity contribution >= 4 is 29.5 Å². The van der Waals surface area contributed by atoms with Gasteiger partial charge in [0.1, 0.15) is 24.0 Å². The van der Waals surface area contributed by atoms with Gasteiger partial charge >= 0.3 is 0 Å². The van der Waals surface area contributed by atoms with E-state index in [0.717, 1.165) is 5.56 Å². The van der Waals surface area contributed by atoms with Crippen molar-refractivity contribution in [2.45, 2.75) is 63.8 Å². The zero-order chi connectivity index (χ0) is 28.6. The van der Waals surface area contributed by atoms with Crippen LogP contribution in [0.25, 0.3) is 0 Å². The Bertz CT molecular complexity index is 1310. The molecule has 214 valence electrons. The van der Waals surface area contributed by atoms with Crippen molar-refractivity contribution in [3.8, 4) is 0 Å². The molecule has 0 bridgehead atoms. The van der Waals surface area contributed by atoms with E-state index in [-0.39, 0.29) is 35.8 Å². The third kappa shape index (κ3) is 7.68. The van der Waals surface area contributed by atoms with Gasteiger partial charge in [-0.1, -0.05) is 55.9 Å². The normalized spacial score (nSPS) is 19.1. The molecule has 0 radical (unpaired) electrons. The molecule has 3 aromatic rings. The van der Waals surface area contributed by atoms with Crippen LogP contribution in [-0.2, 0) is 34.4 Å². The molecule has 3 heterocycles. The Kier molecular flexibility index (Phi) is 9.91. The van der Waals surface area contributed by atoms with Crippen molar-refractivity contribution in [1.29, 1.82) is 0 Å². The molecule has 0 saturated carbocycles. The summed E-state index contributed by atoms with van der Waals surface area (Å²) in [6.07, 6.45) is 2.61. The number of amides is 3. The summed E-state index contributed by atoms with van der Waals surface area (Å²) in [6, 6.07) is 8.43. The third-order valence-corrected chi connectivity index (χ3v) is 7.76. The van der Waals surface area contributed by atoms with E-state index < -0.39 is 12.1 Å². The molecule has 4 rings (SSSR count). The van der Waals surface area contributed by atoms with Gasteiger partial charge in [0.25, 0.3) is 0 Å². The number of nitrogens with one attached hydrogen (secondary N) is 2. The van der Waals surface area contributed by atoms with E-state index in [1.54, 1.807) is 20.5 Å². The summed E-state index contributed by atoms with van der Waals surface area (Å²) >= 11 is 1.32. The molecular formula is C27H37N9O3S. The van der Waals surface area contributed by atoms with Gasteiger partial charge in [0.15, 0.2) is 5.16 Å². The lowest BCUT2D eigenvalue weighted by Gasteiger charge is -2.28. The Balaban J connectivity index is 1.58. The predicted molar refractivity (Wildman–Crippen MR) is 150 cm³/mol. The second kappa shape index (κ2) is 13.6. The summed E-state index contributed by atoms with van der Waals surface area (Å²) in [7, 11) is 1.83. The van der Waals surface area contributed by atoms with Crippen molar-refractivity contribution in [2.24, 2.45) is 13.0 Å². The number of fused-ring (bicyclic) bond motifs is 1. The molecule has 2 N–H and O–H groups in total. The number of carbonyl (C=O) groups excluding carboxylic acids is 3. The smallest absolute Gasteiger partial charge is 0.243 e. The van der Waals surface area contributed by atoms with Crippen LogP contribution in [0.3, 0.4) is 0 Å². The lowest BCUT2D eigenvalue weighted by atomic mass is 10.0. The molecule has 1 aliphatic rings. The Hall–Kier alpha value is -3.74. The first-order valence-electron chi connectivity index (χ1n) is 13.5. The highest BCUT2D eigenvalue weighted by molar-refractivity contribution is 7.99. The molecule has 0 unspecified atom stereocenters. The Morgan fingerprint density at radius 2 is 1.90 bits per heavy atom. The van der Waals surface area contributed by atoms with Gasteiger partial charge < -0.3 is 20.1 Å². The maximum absolute atomic E-state index is 13.6. The quantitative estimate of drug-likeness (QED) is 0.429. The zero-order valence-corrected chi connectivity index (χ0v) is 24.2. The fraction of sp³-hybridized carbons (Fsp3) is 0.519. The average molecular weight is 568 g/mol. The number of nitrogens with zero attached hydrogens (tertiary/aromatic N) is 7. The number of aryl methyl sites for hydroxylation is 2. The zero-order valence-electron chi connectivity index (χ0n) is 23.4. The van der Waals surface area contributed by atoms with E-state index in [9.17, 15) is 14.4 Å². The van der Waals surface area contributed by atoms with Crippen LogP contribution in [0, 0.1) is 12.8 Å². The fourth-order valence-corrected chi connectivity index (χ4v) is 5.39. The standard InChI is InChI=1S/C27H37N9O3S/c1-18(2)24-25-29-19(3)33-36(25)14-13-35(23(38)16-40-27-32-28-17-34(27)4)12-8-11-22(37)30-21(26(39)31-24)15-20-9-6-5-7-10-20/h5-7,9-10,17-18,21,24H,8,11-16H2,1-4H3,(H,30,37)(H,31,39)/t21-,24+/m0/s1. The van der Waals surface area contributed by atoms with Crippen molar-refractivity contribution in [3.63, 3.8) is 0 Å². The summed E-state index contributed by atoms with van der Waals surface area (Å²) in [5.41, 5.74) is 0.946. The first-order valence-corrected chi connectivity index (χ1v) is 14.5. The minimum Gasteiger partial charge on any atom is -0.344 e. The molecule has 3 amide bonds. The van der Waals surface area contributed by atoms with E-state index in [2.05, 4.69) is 30.9 Å². The highest BCUT2D eigenvalue weighted by Crippen LogP contribution is 2.22. The highest BCUT2D eigenvalue weighted by Gasteiger charge is 2.30. The van der Waals surface area contributed by atoms with E-state index >= 15 is 0 Å². The summed E-state index contributed by atoms with van der Waals surface area (Å²) in [5, 5.41) is 19.2. The van der Waals surface area contributed by atoms with Crippen LogP contribution in [0.1, 0.15) is 49.9 Å². The largest absolute Gasteiger partial charge is 0.344 e. The molecule has 0 aliphatic carbocycles. The Morgan fingerprint density at radius 1 is 1.12 bits per heavy atom. The average Bonchev–Trinajstić information content (AvgIpc) is 3.51. The first kappa shape index (κ1) is 29.2. The molecule has 13 heteroatoms. The van der Waals surface area contributed by atoms with Gasteiger partial charge in [-0.15, -0.1) is 10.2 Å². The molecule has 0 saturated heterocycles. The fourth-order valence-electron chi connectivity index (χ4n) is 4.60.